The predicted molar refractivity (Wildman–Crippen MR) is 79.1 cm³/mol. The van der Waals surface area contributed by atoms with Gasteiger partial charge in [-0.15, -0.1) is 0 Å². The molecule has 0 amide bonds. The van der Waals surface area contributed by atoms with Crippen LogP contribution in [0.2, 0.25) is 5.02 Å². The van der Waals surface area contributed by atoms with Crippen molar-refractivity contribution >= 4 is 39.4 Å². The maximum atomic E-state index is 12.5. The molecule has 0 aromatic heterocycles. The lowest BCUT2D eigenvalue weighted by atomic mass is 10.2. The number of carbonyl (C=O) groups is 1. The molecule has 1 saturated heterocycles. The number of thioether (sulfide) groups is 1. The molecule has 1 aromatic carbocycles. The molecule has 0 bridgehead atoms. The second-order valence-electron chi connectivity index (χ2n) is 4.49. The average molecular weight is 336 g/mol. The number of carboxylic acid groups (broad SMARTS) is 1. The van der Waals surface area contributed by atoms with Gasteiger partial charge in [0, 0.05) is 18.8 Å². The molecule has 8 heteroatoms. The number of nitrogens with zero attached hydrogens (tertiary/aromatic N) is 1. The highest BCUT2D eigenvalue weighted by atomic mass is 35.5. The topological polar surface area (TPSA) is 74.7 Å². The smallest absolute Gasteiger partial charge is 0.337 e. The molecule has 110 valence electrons. The van der Waals surface area contributed by atoms with E-state index in [4.69, 9.17) is 16.7 Å². The number of rotatable bonds is 4. The van der Waals surface area contributed by atoms with Crippen LogP contribution in [0.1, 0.15) is 16.8 Å². The zero-order valence-electron chi connectivity index (χ0n) is 10.7. The molecule has 5 nitrogen and oxygen atoms in total. The van der Waals surface area contributed by atoms with Crippen molar-refractivity contribution < 1.29 is 18.3 Å². The summed E-state index contributed by atoms with van der Waals surface area (Å²) in [6.07, 6.45) is 0.821. The molecular weight excluding hydrogens is 322 g/mol. The molecule has 20 heavy (non-hydrogen) atoms. The molecule has 1 aromatic rings. The van der Waals surface area contributed by atoms with E-state index in [1.807, 2.05) is 0 Å². The van der Waals surface area contributed by atoms with Crippen LogP contribution in [-0.2, 0) is 10.0 Å². The summed E-state index contributed by atoms with van der Waals surface area (Å²) in [6.45, 7) is 0. The highest BCUT2D eigenvalue weighted by molar-refractivity contribution is 7.99. The van der Waals surface area contributed by atoms with Gasteiger partial charge < -0.3 is 5.11 Å². The van der Waals surface area contributed by atoms with Crippen molar-refractivity contribution in [2.75, 3.05) is 18.6 Å². The molecule has 1 unspecified atom stereocenters. The lowest BCUT2D eigenvalue weighted by Gasteiger charge is -2.23. The van der Waals surface area contributed by atoms with E-state index >= 15 is 0 Å². The third-order valence-electron chi connectivity index (χ3n) is 3.27. The Kier molecular flexibility index (Phi) is 4.63. The van der Waals surface area contributed by atoms with E-state index in [0.29, 0.717) is 0 Å². The van der Waals surface area contributed by atoms with E-state index < -0.39 is 16.0 Å². The Morgan fingerprint density at radius 1 is 1.50 bits per heavy atom. The van der Waals surface area contributed by atoms with E-state index in [9.17, 15) is 13.2 Å². The summed E-state index contributed by atoms with van der Waals surface area (Å²) in [4.78, 5) is 10.9. The minimum Gasteiger partial charge on any atom is -0.478 e. The summed E-state index contributed by atoms with van der Waals surface area (Å²) in [7, 11) is -2.10. The first-order chi connectivity index (χ1) is 9.34. The molecule has 1 heterocycles. The molecule has 1 fully saturated rings. The minimum atomic E-state index is -3.64. The SMILES string of the molecule is CN(C1CCSC1)S(=O)(=O)c1ccc(C(=O)O)c(Cl)c1. The fourth-order valence-electron chi connectivity index (χ4n) is 2.00. The van der Waals surface area contributed by atoms with Gasteiger partial charge in [-0.3, -0.25) is 0 Å². The number of benzene rings is 1. The Hall–Kier alpha value is -0.760. The zero-order valence-corrected chi connectivity index (χ0v) is 13.1. The van der Waals surface area contributed by atoms with Crippen LogP contribution in [0.5, 0.6) is 0 Å². The normalized spacial score (nSPS) is 19.4. The first-order valence-electron chi connectivity index (χ1n) is 5.92. The van der Waals surface area contributed by atoms with E-state index in [2.05, 4.69) is 0 Å². The van der Waals surface area contributed by atoms with Crippen molar-refractivity contribution in [3.8, 4) is 0 Å². The van der Waals surface area contributed by atoms with Gasteiger partial charge in [-0.05, 0) is 30.4 Å². The standard InChI is InChI=1S/C12H14ClNO4S2/c1-14(8-4-5-19-7-8)20(17,18)9-2-3-10(12(15)16)11(13)6-9/h2-3,6,8H,4-5,7H2,1H3,(H,15,16). The van der Waals surface area contributed by atoms with E-state index in [-0.39, 0.29) is 21.5 Å². The van der Waals surface area contributed by atoms with Gasteiger partial charge in [-0.2, -0.15) is 16.1 Å². The number of aromatic carboxylic acids is 1. The van der Waals surface area contributed by atoms with E-state index in [1.165, 1.54) is 22.5 Å². The molecule has 0 spiro atoms. The zero-order chi connectivity index (χ0) is 14.9. The van der Waals surface area contributed by atoms with Crippen LogP contribution >= 0.6 is 23.4 Å². The fraction of sp³-hybridized carbons (Fsp3) is 0.417. The second kappa shape index (κ2) is 5.93. The average Bonchev–Trinajstić information content (AvgIpc) is 2.90. The largest absolute Gasteiger partial charge is 0.478 e. The number of hydrogen-bond acceptors (Lipinski definition) is 4. The molecule has 0 aliphatic carbocycles. The first kappa shape index (κ1) is 15.6. The molecule has 0 saturated carbocycles. The Balaban J connectivity index is 2.34. The van der Waals surface area contributed by atoms with Gasteiger partial charge in [0.25, 0.3) is 0 Å². The highest BCUT2D eigenvalue weighted by Gasteiger charge is 2.30. The van der Waals surface area contributed by atoms with Crippen LogP contribution in [0.25, 0.3) is 0 Å². The second-order valence-corrected chi connectivity index (χ2v) is 8.04. The predicted octanol–water partition coefficient (Wildman–Crippen LogP) is 2.16. The third-order valence-corrected chi connectivity index (χ3v) is 6.63. The number of carboxylic acids is 1. The molecule has 1 aliphatic rings. The lowest BCUT2D eigenvalue weighted by Crippen LogP contribution is -2.36. The van der Waals surface area contributed by atoms with Crippen molar-refractivity contribution in [1.82, 2.24) is 4.31 Å². The van der Waals surface area contributed by atoms with Gasteiger partial charge in [0.15, 0.2) is 0 Å². The van der Waals surface area contributed by atoms with Gasteiger partial charge in [0.05, 0.1) is 15.5 Å². The molecule has 1 N–H and O–H groups in total. The lowest BCUT2D eigenvalue weighted by molar-refractivity contribution is 0.0697. The Morgan fingerprint density at radius 2 is 2.20 bits per heavy atom. The van der Waals surface area contributed by atoms with Gasteiger partial charge in [0.2, 0.25) is 10.0 Å². The Morgan fingerprint density at radius 3 is 2.70 bits per heavy atom. The quantitative estimate of drug-likeness (QED) is 0.912. The molecule has 0 radical (unpaired) electrons. The minimum absolute atomic E-state index is 0.0203. The first-order valence-corrected chi connectivity index (χ1v) is 8.90. The van der Waals surface area contributed by atoms with Crippen LogP contribution in [0.4, 0.5) is 0 Å². The van der Waals surface area contributed by atoms with Crippen LogP contribution in [0, 0.1) is 0 Å². The van der Waals surface area contributed by atoms with Crippen LogP contribution in [-0.4, -0.2) is 48.4 Å². The Labute approximate surface area is 127 Å². The van der Waals surface area contributed by atoms with Crippen molar-refractivity contribution in [2.45, 2.75) is 17.4 Å². The molecule has 1 atom stereocenters. The van der Waals surface area contributed by atoms with Crippen LogP contribution < -0.4 is 0 Å². The Bertz CT molecular complexity index is 626. The van der Waals surface area contributed by atoms with Gasteiger partial charge in [-0.25, -0.2) is 13.2 Å². The van der Waals surface area contributed by atoms with E-state index in [0.717, 1.165) is 17.9 Å². The monoisotopic (exact) mass is 335 g/mol. The van der Waals surface area contributed by atoms with Crippen LogP contribution in [0.15, 0.2) is 23.1 Å². The summed E-state index contributed by atoms with van der Waals surface area (Å²) >= 11 is 7.55. The number of sulfonamides is 1. The summed E-state index contributed by atoms with van der Waals surface area (Å²) in [6, 6.07) is 3.67. The molecular formula is C12H14ClNO4S2. The number of hydrogen-bond donors (Lipinski definition) is 1. The van der Waals surface area contributed by atoms with Crippen molar-refractivity contribution in [2.24, 2.45) is 0 Å². The van der Waals surface area contributed by atoms with E-state index in [1.54, 1.807) is 18.8 Å². The highest BCUT2D eigenvalue weighted by Crippen LogP contribution is 2.28. The van der Waals surface area contributed by atoms with Gasteiger partial charge in [0.1, 0.15) is 0 Å². The summed E-state index contributed by atoms with van der Waals surface area (Å²) in [5.74, 6) is 0.541. The van der Waals surface area contributed by atoms with Crippen LogP contribution in [0.3, 0.4) is 0 Å². The van der Waals surface area contributed by atoms with Crippen molar-refractivity contribution in [3.05, 3.63) is 28.8 Å². The summed E-state index contributed by atoms with van der Waals surface area (Å²) in [5, 5.41) is 8.82. The van der Waals surface area contributed by atoms with Gasteiger partial charge in [-0.1, -0.05) is 11.6 Å². The molecule has 2 rings (SSSR count). The summed E-state index contributed by atoms with van der Waals surface area (Å²) < 4.78 is 26.3. The molecule has 1 aliphatic heterocycles. The summed E-state index contributed by atoms with van der Waals surface area (Å²) in [5.41, 5.74) is -0.107. The van der Waals surface area contributed by atoms with Gasteiger partial charge >= 0.3 is 5.97 Å². The third kappa shape index (κ3) is 2.95. The number of halogens is 1. The fourth-order valence-corrected chi connectivity index (χ4v) is 5.10. The van der Waals surface area contributed by atoms with Crippen molar-refractivity contribution in [3.63, 3.8) is 0 Å². The maximum Gasteiger partial charge on any atom is 0.337 e. The van der Waals surface area contributed by atoms with Crippen molar-refractivity contribution in [1.29, 1.82) is 0 Å². The maximum absolute atomic E-state index is 12.5.